The Morgan fingerprint density at radius 1 is 1.00 bits per heavy atom. The van der Waals surface area contributed by atoms with E-state index in [-0.39, 0.29) is 4.90 Å². The molecule has 0 atom stereocenters. The van der Waals surface area contributed by atoms with Gasteiger partial charge in [-0.25, -0.2) is 8.42 Å². The van der Waals surface area contributed by atoms with Crippen LogP contribution in [0.15, 0.2) is 53.6 Å². The van der Waals surface area contributed by atoms with Crippen LogP contribution in [0.1, 0.15) is 5.69 Å². The monoisotopic (exact) mass is 413 g/mol. The van der Waals surface area contributed by atoms with Crippen LogP contribution in [0.25, 0.3) is 10.9 Å². The smallest absolute Gasteiger partial charge is 0.245 e. The summed E-state index contributed by atoms with van der Waals surface area (Å²) in [5.74, 6) is 0.500. The number of ether oxygens (including phenoxy) is 1. The molecule has 3 aromatic rings. The van der Waals surface area contributed by atoms with Gasteiger partial charge in [-0.2, -0.15) is 9.40 Å². The Labute approximate surface area is 170 Å². The quantitative estimate of drug-likeness (QED) is 0.608. The van der Waals surface area contributed by atoms with Crippen molar-refractivity contribution in [3.8, 4) is 5.88 Å². The highest BCUT2D eigenvalue weighted by molar-refractivity contribution is 7.89. The minimum atomic E-state index is -3.58. The van der Waals surface area contributed by atoms with Crippen molar-refractivity contribution < 1.29 is 13.2 Å². The summed E-state index contributed by atoms with van der Waals surface area (Å²) in [4.78, 5) is 6.75. The Balaban J connectivity index is 1.35. The number of hydrogen-bond acceptors (Lipinski definition) is 7. The van der Waals surface area contributed by atoms with E-state index in [9.17, 15) is 8.42 Å². The summed E-state index contributed by atoms with van der Waals surface area (Å²) < 4.78 is 33.5. The SMILES string of the molecule is Cc1ccc(OCCN2CCN(S(=O)(=O)c3cccc4cccnc34)CC2)nn1. The van der Waals surface area contributed by atoms with Gasteiger partial charge in [0.15, 0.2) is 0 Å². The minimum absolute atomic E-state index is 0.269. The Bertz CT molecular complexity index is 1080. The minimum Gasteiger partial charge on any atom is -0.475 e. The first-order valence-electron chi connectivity index (χ1n) is 9.53. The number of hydrogen-bond donors (Lipinski definition) is 0. The topological polar surface area (TPSA) is 88.5 Å². The maximum absolute atomic E-state index is 13.2. The molecule has 0 amide bonds. The number of nitrogens with zero attached hydrogens (tertiary/aromatic N) is 5. The molecule has 9 heteroatoms. The maximum Gasteiger partial charge on any atom is 0.245 e. The largest absolute Gasteiger partial charge is 0.475 e. The van der Waals surface area contributed by atoms with Crippen molar-refractivity contribution in [2.45, 2.75) is 11.8 Å². The van der Waals surface area contributed by atoms with Crippen LogP contribution in [0.4, 0.5) is 0 Å². The number of aryl methyl sites for hydroxylation is 1. The second kappa shape index (κ2) is 8.40. The first kappa shape index (κ1) is 19.7. The number of pyridine rings is 1. The summed E-state index contributed by atoms with van der Waals surface area (Å²) in [5, 5.41) is 8.77. The predicted octanol–water partition coefficient (Wildman–Crippen LogP) is 1.72. The van der Waals surface area contributed by atoms with E-state index in [0.717, 1.165) is 11.1 Å². The van der Waals surface area contributed by atoms with Crippen LogP contribution in [0.5, 0.6) is 5.88 Å². The van der Waals surface area contributed by atoms with E-state index in [1.165, 1.54) is 0 Å². The zero-order valence-electron chi connectivity index (χ0n) is 16.2. The van der Waals surface area contributed by atoms with Gasteiger partial charge in [-0.3, -0.25) is 9.88 Å². The molecule has 8 nitrogen and oxygen atoms in total. The van der Waals surface area contributed by atoms with Crippen LogP contribution in [0, 0.1) is 6.92 Å². The fraction of sp³-hybridized carbons (Fsp3) is 0.350. The predicted molar refractivity (Wildman–Crippen MR) is 109 cm³/mol. The lowest BCUT2D eigenvalue weighted by Crippen LogP contribution is -2.49. The number of aromatic nitrogens is 3. The van der Waals surface area contributed by atoms with Crippen LogP contribution in [-0.2, 0) is 10.0 Å². The van der Waals surface area contributed by atoms with Crippen LogP contribution in [0.3, 0.4) is 0 Å². The highest BCUT2D eigenvalue weighted by atomic mass is 32.2. The van der Waals surface area contributed by atoms with Crippen molar-refractivity contribution in [3.63, 3.8) is 0 Å². The Morgan fingerprint density at radius 2 is 1.79 bits per heavy atom. The van der Waals surface area contributed by atoms with Crippen LogP contribution >= 0.6 is 0 Å². The number of fused-ring (bicyclic) bond motifs is 1. The Morgan fingerprint density at radius 3 is 2.55 bits per heavy atom. The first-order chi connectivity index (χ1) is 14.0. The molecule has 29 heavy (non-hydrogen) atoms. The van der Waals surface area contributed by atoms with Crippen molar-refractivity contribution in [2.24, 2.45) is 0 Å². The number of benzene rings is 1. The molecule has 0 saturated carbocycles. The fourth-order valence-corrected chi connectivity index (χ4v) is 4.95. The van der Waals surface area contributed by atoms with Crippen molar-refractivity contribution in [2.75, 3.05) is 39.3 Å². The van der Waals surface area contributed by atoms with Gasteiger partial charge in [0.05, 0.1) is 11.2 Å². The standard InChI is InChI=1S/C20H23N5O3S/c1-16-7-8-19(23-22-16)28-15-14-24-10-12-25(13-11-24)29(26,27)18-6-2-4-17-5-3-9-21-20(17)18/h2-9H,10-15H2,1H3. The molecule has 0 unspecified atom stereocenters. The lowest BCUT2D eigenvalue weighted by atomic mass is 10.2. The molecule has 0 radical (unpaired) electrons. The van der Waals surface area contributed by atoms with E-state index in [0.29, 0.717) is 50.7 Å². The van der Waals surface area contributed by atoms with Gasteiger partial charge in [0.2, 0.25) is 15.9 Å². The molecule has 0 spiro atoms. The Hall–Kier alpha value is -2.62. The molecule has 4 rings (SSSR count). The van der Waals surface area contributed by atoms with Gasteiger partial charge < -0.3 is 4.74 Å². The average molecular weight is 414 g/mol. The van der Waals surface area contributed by atoms with Gasteiger partial charge in [0.1, 0.15) is 11.5 Å². The molecule has 0 aliphatic carbocycles. The third-order valence-electron chi connectivity index (χ3n) is 4.98. The maximum atomic E-state index is 13.2. The molecule has 3 heterocycles. The lowest BCUT2D eigenvalue weighted by molar-refractivity contribution is 0.156. The molecular weight excluding hydrogens is 390 g/mol. The van der Waals surface area contributed by atoms with Crippen molar-refractivity contribution in [1.29, 1.82) is 0 Å². The summed E-state index contributed by atoms with van der Waals surface area (Å²) in [6.07, 6.45) is 1.62. The van der Waals surface area contributed by atoms with Crippen LogP contribution in [0.2, 0.25) is 0 Å². The highest BCUT2D eigenvalue weighted by Gasteiger charge is 2.30. The fourth-order valence-electron chi connectivity index (χ4n) is 3.36. The number of rotatable bonds is 6. The van der Waals surface area contributed by atoms with Crippen LogP contribution in [-0.4, -0.2) is 72.1 Å². The summed E-state index contributed by atoms with van der Waals surface area (Å²) in [6, 6.07) is 12.6. The average Bonchev–Trinajstić information content (AvgIpc) is 2.75. The Kier molecular flexibility index (Phi) is 5.70. The van der Waals surface area contributed by atoms with E-state index in [2.05, 4.69) is 20.1 Å². The van der Waals surface area contributed by atoms with Crippen molar-refractivity contribution >= 4 is 20.9 Å². The third-order valence-corrected chi connectivity index (χ3v) is 6.91. The second-order valence-corrected chi connectivity index (χ2v) is 8.84. The second-order valence-electron chi connectivity index (χ2n) is 6.94. The molecule has 152 valence electrons. The van der Waals surface area contributed by atoms with Crippen LogP contribution < -0.4 is 4.74 Å². The molecule has 1 aliphatic heterocycles. The van der Waals surface area contributed by atoms with Crippen molar-refractivity contribution in [3.05, 3.63) is 54.4 Å². The molecule has 1 aromatic carbocycles. The molecule has 2 aromatic heterocycles. The van der Waals surface area contributed by atoms with Gasteiger partial charge in [0, 0.05) is 50.4 Å². The van der Waals surface area contributed by atoms with Gasteiger partial charge in [0.25, 0.3) is 0 Å². The molecule has 1 aliphatic rings. The summed E-state index contributed by atoms with van der Waals surface area (Å²) >= 11 is 0. The van der Waals surface area contributed by atoms with E-state index < -0.39 is 10.0 Å². The lowest BCUT2D eigenvalue weighted by Gasteiger charge is -2.33. The van der Waals surface area contributed by atoms with Crippen molar-refractivity contribution in [1.82, 2.24) is 24.4 Å². The third kappa shape index (κ3) is 4.36. The zero-order chi connectivity index (χ0) is 20.3. The molecule has 1 saturated heterocycles. The number of sulfonamides is 1. The molecule has 0 bridgehead atoms. The van der Waals surface area contributed by atoms with E-state index in [1.807, 2.05) is 31.2 Å². The number of para-hydroxylation sites is 1. The first-order valence-corrected chi connectivity index (χ1v) is 11.0. The molecular formula is C20H23N5O3S. The van der Waals surface area contributed by atoms with E-state index in [4.69, 9.17) is 4.74 Å². The van der Waals surface area contributed by atoms with Gasteiger partial charge in [-0.15, -0.1) is 5.10 Å². The normalized spacial score (nSPS) is 16.2. The highest BCUT2D eigenvalue weighted by Crippen LogP contribution is 2.24. The van der Waals surface area contributed by atoms with Gasteiger partial charge in [-0.1, -0.05) is 18.2 Å². The van der Waals surface area contributed by atoms with E-state index >= 15 is 0 Å². The summed E-state index contributed by atoms with van der Waals surface area (Å²) in [7, 11) is -3.58. The van der Waals surface area contributed by atoms with Gasteiger partial charge in [-0.05, 0) is 25.1 Å². The zero-order valence-corrected chi connectivity index (χ0v) is 17.0. The molecule has 1 fully saturated rings. The van der Waals surface area contributed by atoms with Gasteiger partial charge >= 0.3 is 0 Å². The summed E-state index contributed by atoms with van der Waals surface area (Å²) in [5.41, 5.74) is 1.36. The van der Waals surface area contributed by atoms with E-state index in [1.54, 1.807) is 28.7 Å². The molecule has 0 N–H and O–H groups in total. The summed E-state index contributed by atoms with van der Waals surface area (Å²) in [6.45, 7) is 5.25. The number of piperazine rings is 1.